The molecule has 7 nitrogen and oxygen atoms in total. The number of amides is 1. The van der Waals surface area contributed by atoms with E-state index in [0.29, 0.717) is 30.0 Å². The van der Waals surface area contributed by atoms with E-state index >= 15 is 0 Å². The van der Waals surface area contributed by atoms with Crippen LogP contribution in [0.5, 0.6) is 11.5 Å². The van der Waals surface area contributed by atoms with Gasteiger partial charge in [0.05, 0.1) is 30.8 Å². The van der Waals surface area contributed by atoms with E-state index in [-0.39, 0.29) is 17.5 Å². The highest BCUT2D eigenvalue weighted by Gasteiger charge is 2.29. The summed E-state index contributed by atoms with van der Waals surface area (Å²) >= 11 is 0. The van der Waals surface area contributed by atoms with Gasteiger partial charge in [0.1, 0.15) is 6.54 Å². The maximum Gasteiger partial charge on any atom is 0.264 e. The van der Waals surface area contributed by atoms with Crippen molar-refractivity contribution in [2.45, 2.75) is 44.6 Å². The van der Waals surface area contributed by atoms with Crippen LogP contribution in [0.25, 0.3) is 0 Å². The Kier molecular flexibility index (Phi) is 8.98. The predicted molar refractivity (Wildman–Crippen MR) is 142 cm³/mol. The molecule has 0 fully saturated rings. The topological polar surface area (TPSA) is 84.9 Å². The van der Waals surface area contributed by atoms with Gasteiger partial charge < -0.3 is 14.8 Å². The summed E-state index contributed by atoms with van der Waals surface area (Å²) in [6.07, 6.45) is 1.23. The Morgan fingerprint density at radius 2 is 1.61 bits per heavy atom. The lowest BCUT2D eigenvalue weighted by molar-refractivity contribution is -0.120. The second kappa shape index (κ2) is 11.9. The van der Waals surface area contributed by atoms with E-state index in [1.165, 1.54) is 4.31 Å². The van der Waals surface area contributed by atoms with Gasteiger partial charge in [-0.1, -0.05) is 55.8 Å². The monoisotopic (exact) mass is 510 g/mol. The van der Waals surface area contributed by atoms with Gasteiger partial charge in [0.15, 0.2) is 11.5 Å². The number of methoxy groups -OCH3 is 2. The van der Waals surface area contributed by atoms with Crippen LogP contribution in [0.3, 0.4) is 0 Å². The summed E-state index contributed by atoms with van der Waals surface area (Å²) in [5.74, 6) is 0.746. The van der Waals surface area contributed by atoms with E-state index in [2.05, 4.69) is 5.32 Å². The van der Waals surface area contributed by atoms with Crippen LogP contribution in [-0.4, -0.2) is 35.1 Å². The van der Waals surface area contributed by atoms with Crippen molar-refractivity contribution in [1.82, 2.24) is 5.32 Å². The maximum absolute atomic E-state index is 13.7. The first kappa shape index (κ1) is 27.1. The van der Waals surface area contributed by atoms with Gasteiger partial charge in [-0.2, -0.15) is 0 Å². The molecule has 0 aromatic heterocycles. The minimum Gasteiger partial charge on any atom is -0.493 e. The van der Waals surface area contributed by atoms with Crippen LogP contribution in [-0.2, 0) is 21.2 Å². The first-order chi connectivity index (χ1) is 17.2. The highest BCUT2D eigenvalue weighted by Crippen LogP contribution is 2.31. The zero-order valence-corrected chi connectivity index (χ0v) is 22.3. The van der Waals surface area contributed by atoms with E-state index in [9.17, 15) is 13.2 Å². The average Bonchev–Trinajstić information content (AvgIpc) is 2.90. The lowest BCUT2D eigenvalue weighted by Gasteiger charge is -2.27. The summed E-state index contributed by atoms with van der Waals surface area (Å²) < 4.78 is 39.4. The second-order valence-corrected chi connectivity index (χ2v) is 10.3. The van der Waals surface area contributed by atoms with Gasteiger partial charge in [0.25, 0.3) is 10.0 Å². The number of nitrogens with one attached hydrogen (secondary N) is 1. The number of nitrogens with zero attached hydrogens (tertiary/aromatic N) is 1. The third kappa shape index (κ3) is 5.99. The first-order valence-electron chi connectivity index (χ1n) is 11.9. The third-order valence-electron chi connectivity index (χ3n) is 6.09. The maximum atomic E-state index is 13.7. The number of carbonyl (C=O) groups is 1. The molecule has 8 heteroatoms. The fraction of sp³-hybridized carbons (Fsp3) is 0.321. The SMILES string of the molecule is CCc1ccccc1N(CC(=O)NC(CC)c1ccc(OC)c(OC)c1)S(=O)(=O)c1ccc(C)cc1. The zero-order chi connectivity index (χ0) is 26.3. The molecule has 3 aromatic carbocycles. The number of rotatable bonds is 11. The Morgan fingerprint density at radius 1 is 0.944 bits per heavy atom. The lowest BCUT2D eigenvalue weighted by Crippen LogP contribution is -2.42. The minimum atomic E-state index is -3.99. The van der Waals surface area contributed by atoms with E-state index in [1.54, 1.807) is 56.7 Å². The standard InChI is InChI=1S/C28H34N2O5S/c1-6-21-10-8-9-11-25(21)30(36(32,33)23-15-12-20(3)13-16-23)19-28(31)29-24(7-2)22-14-17-26(34-4)27(18-22)35-5/h8-18,24H,6-7,19H2,1-5H3,(H,29,31). The molecule has 1 amide bonds. The predicted octanol–water partition coefficient (Wildman–Crippen LogP) is 5.04. The molecule has 0 aliphatic carbocycles. The Balaban J connectivity index is 1.95. The van der Waals surface area contributed by atoms with Gasteiger partial charge in [0, 0.05) is 0 Å². The van der Waals surface area contributed by atoms with Gasteiger partial charge >= 0.3 is 0 Å². The van der Waals surface area contributed by atoms with Crippen molar-refractivity contribution in [1.29, 1.82) is 0 Å². The molecule has 0 radical (unpaired) electrons. The Bertz CT molecular complexity index is 1290. The Labute approximate surface area is 214 Å². The molecule has 3 rings (SSSR count). The molecule has 0 spiro atoms. The summed E-state index contributed by atoms with van der Waals surface area (Å²) in [4.78, 5) is 13.4. The highest BCUT2D eigenvalue weighted by molar-refractivity contribution is 7.92. The molecule has 0 saturated heterocycles. The van der Waals surface area contributed by atoms with Crippen molar-refractivity contribution < 1.29 is 22.7 Å². The molecule has 1 N–H and O–H groups in total. The molecular formula is C28H34N2O5S. The Morgan fingerprint density at radius 3 is 2.22 bits per heavy atom. The number of anilines is 1. The molecule has 36 heavy (non-hydrogen) atoms. The molecule has 0 bridgehead atoms. The number of sulfonamides is 1. The van der Waals surface area contributed by atoms with Crippen LogP contribution in [0.4, 0.5) is 5.69 Å². The van der Waals surface area contributed by atoms with Crippen molar-refractivity contribution in [3.8, 4) is 11.5 Å². The van der Waals surface area contributed by atoms with Crippen molar-refractivity contribution >= 4 is 21.6 Å². The number of carbonyl (C=O) groups excluding carboxylic acids is 1. The van der Waals surface area contributed by atoms with Crippen LogP contribution in [0.2, 0.25) is 0 Å². The number of hydrogen-bond acceptors (Lipinski definition) is 5. The van der Waals surface area contributed by atoms with Crippen LogP contribution in [0, 0.1) is 6.92 Å². The summed E-state index contributed by atoms with van der Waals surface area (Å²) in [5.41, 5.74) is 3.13. The number of benzene rings is 3. The summed E-state index contributed by atoms with van der Waals surface area (Å²) in [6.45, 7) is 5.46. The van der Waals surface area contributed by atoms with Crippen LogP contribution < -0.4 is 19.1 Å². The molecule has 1 unspecified atom stereocenters. The molecule has 0 aliphatic heterocycles. The van der Waals surface area contributed by atoms with Crippen LogP contribution in [0.15, 0.2) is 71.6 Å². The molecule has 3 aromatic rings. The second-order valence-electron chi connectivity index (χ2n) is 8.45. The molecule has 1 atom stereocenters. The van der Waals surface area contributed by atoms with Crippen LogP contribution in [0.1, 0.15) is 43.0 Å². The molecular weight excluding hydrogens is 476 g/mol. The van der Waals surface area contributed by atoms with E-state index in [4.69, 9.17) is 9.47 Å². The van der Waals surface area contributed by atoms with Gasteiger partial charge in [-0.05, 0) is 61.2 Å². The quantitative estimate of drug-likeness (QED) is 0.391. The summed E-state index contributed by atoms with van der Waals surface area (Å²) in [5, 5.41) is 3.00. The molecule has 0 aliphatic rings. The van der Waals surface area contributed by atoms with Gasteiger partial charge in [-0.3, -0.25) is 9.10 Å². The largest absolute Gasteiger partial charge is 0.493 e. The fourth-order valence-electron chi connectivity index (χ4n) is 4.05. The fourth-order valence-corrected chi connectivity index (χ4v) is 5.51. The van der Waals surface area contributed by atoms with E-state index in [1.807, 2.05) is 45.0 Å². The van der Waals surface area contributed by atoms with Crippen molar-refractivity contribution in [3.05, 3.63) is 83.4 Å². The Hall–Kier alpha value is -3.52. The van der Waals surface area contributed by atoms with E-state index in [0.717, 1.165) is 16.7 Å². The van der Waals surface area contributed by atoms with E-state index < -0.39 is 15.9 Å². The summed E-state index contributed by atoms with van der Waals surface area (Å²) in [6, 6.07) is 19.0. The van der Waals surface area contributed by atoms with Crippen molar-refractivity contribution in [2.75, 3.05) is 25.1 Å². The van der Waals surface area contributed by atoms with Gasteiger partial charge in [0.2, 0.25) is 5.91 Å². The third-order valence-corrected chi connectivity index (χ3v) is 7.86. The van der Waals surface area contributed by atoms with Crippen LogP contribution >= 0.6 is 0 Å². The smallest absolute Gasteiger partial charge is 0.264 e. The molecule has 0 heterocycles. The first-order valence-corrected chi connectivity index (χ1v) is 13.4. The number of ether oxygens (including phenoxy) is 2. The lowest BCUT2D eigenvalue weighted by atomic mass is 10.0. The normalized spacial score (nSPS) is 12.0. The van der Waals surface area contributed by atoms with Gasteiger partial charge in [-0.25, -0.2) is 8.42 Å². The number of hydrogen-bond donors (Lipinski definition) is 1. The molecule has 0 saturated carbocycles. The minimum absolute atomic E-state index is 0.138. The zero-order valence-electron chi connectivity index (χ0n) is 21.4. The summed E-state index contributed by atoms with van der Waals surface area (Å²) in [7, 11) is -0.870. The number of aryl methyl sites for hydroxylation is 2. The van der Waals surface area contributed by atoms with Gasteiger partial charge in [-0.15, -0.1) is 0 Å². The number of para-hydroxylation sites is 1. The van der Waals surface area contributed by atoms with Crippen molar-refractivity contribution in [2.24, 2.45) is 0 Å². The average molecular weight is 511 g/mol. The van der Waals surface area contributed by atoms with Crippen molar-refractivity contribution in [3.63, 3.8) is 0 Å². The highest BCUT2D eigenvalue weighted by atomic mass is 32.2. The molecule has 192 valence electrons.